The molecule has 2 aromatic rings. The van der Waals surface area contributed by atoms with Gasteiger partial charge in [0.05, 0.1) is 12.2 Å². The molecule has 186 valence electrons. The van der Waals surface area contributed by atoms with Crippen LogP contribution in [-0.4, -0.2) is 48.1 Å². The van der Waals surface area contributed by atoms with E-state index in [1.807, 2.05) is 5.32 Å². The highest BCUT2D eigenvalue weighted by molar-refractivity contribution is 9.10. The number of alkyl halides is 3. The minimum atomic E-state index is -5.01. The lowest BCUT2D eigenvalue weighted by molar-refractivity contribution is -0.174. The summed E-state index contributed by atoms with van der Waals surface area (Å²) >= 11 is 3.31. The third-order valence-electron chi connectivity index (χ3n) is 5.13. The van der Waals surface area contributed by atoms with Gasteiger partial charge in [-0.05, 0) is 56.1 Å². The zero-order valence-electron chi connectivity index (χ0n) is 18.5. The van der Waals surface area contributed by atoms with Gasteiger partial charge in [0.15, 0.2) is 0 Å². The van der Waals surface area contributed by atoms with Crippen LogP contribution >= 0.6 is 15.9 Å². The molecule has 1 aromatic heterocycles. The van der Waals surface area contributed by atoms with E-state index in [4.69, 9.17) is 4.74 Å². The molecule has 3 rings (SSSR count). The van der Waals surface area contributed by atoms with Gasteiger partial charge < -0.3 is 26.8 Å². The largest absolute Gasteiger partial charge is 0.482 e. The first kappa shape index (κ1) is 27.5. The molecule has 1 aromatic carbocycles. The standard InChI is InChI=1S/C22H24BrF3N4O3.H3N/c1-13(29-21(32)22(24,25)26)19(14-4-6-15(23)7-5-14)33-17-8-9-18(28-12-17)20(31)30-16-3-2-10-27-11-16;/h4-9,12-13,16,19,27H,2-3,10-11H2,1H3,(H,29,32)(H,30,31);1H3/t13-,16-,19-;/m0./s1. The van der Waals surface area contributed by atoms with Gasteiger partial charge in [-0.15, -0.1) is 0 Å². The van der Waals surface area contributed by atoms with Crippen LogP contribution in [0.1, 0.15) is 41.9 Å². The number of nitrogens with one attached hydrogen (secondary N) is 3. The van der Waals surface area contributed by atoms with E-state index in [9.17, 15) is 22.8 Å². The summed E-state index contributed by atoms with van der Waals surface area (Å²) in [6.45, 7) is 3.05. The smallest absolute Gasteiger partial charge is 0.471 e. The highest BCUT2D eigenvalue weighted by atomic mass is 79.9. The lowest BCUT2D eigenvalue weighted by Crippen LogP contribution is -2.45. The van der Waals surface area contributed by atoms with Crippen molar-refractivity contribution >= 4 is 27.7 Å². The Hall–Kier alpha value is -2.70. The molecule has 1 fully saturated rings. The molecule has 1 aliphatic heterocycles. The molecule has 1 saturated heterocycles. The van der Waals surface area contributed by atoms with Gasteiger partial charge in [-0.1, -0.05) is 28.1 Å². The number of carbonyl (C=O) groups excluding carboxylic acids is 2. The Morgan fingerprint density at radius 3 is 2.47 bits per heavy atom. The highest BCUT2D eigenvalue weighted by Crippen LogP contribution is 2.27. The average Bonchev–Trinajstić information content (AvgIpc) is 2.78. The van der Waals surface area contributed by atoms with Gasteiger partial charge in [0.25, 0.3) is 5.91 Å². The number of hydrogen-bond acceptors (Lipinski definition) is 6. The second-order valence-electron chi connectivity index (χ2n) is 7.75. The first-order valence-corrected chi connectivity index (χ1v) is 11.2. The highest BCUT2D eigenvalue weighted by Gasteiger charge is 2.40. The first-order chi connectivity index (χ1) is 15.6. The fourth-order valence-corrected chi connectivity index (χ4v) is 3.71. The number of pyridine rings is 1. The summed E-state index contributed by atoms with van der Waals surface area (Å²) in [7, 11) is 0. The maximum atomic E-state index is 12.7. The predicted octanol–water partition coefficient (Wildman–Crippen LogP) is 3.68. The van der Waals surface area contributed by atoms with Crippen molar-refractivity contribution in [2.75, 3.05) is 13.1 Å². The van der Waals surface area contributed by atoms with Crippen LogP contribution < -0.4 is 26.8 Å². The van der Waals surface area contributed by atoms with Crippen LogP contribution in [-0.2, 0) is 4.79 Å². The van der Waals surface area contributed by atoms with Crippen LogP contribution in [0.15, 0.2) is 47.1 Å². The molecular formula is C22H27BrF3N5O3. The van der Waals surface area contributed by atoms with Crippen LogP contribution in [0.25, 0.3) is 0 Å². The van der Waals surface area contributed by atoms with Gasteiger partial charge in [0.1, 0.15) is 17.5 Å². The van der Waals surface area contributed by atoms with Crippen LogP contribution in [0.2, 0.25) is 0 Å². The second-order valence-corrected chi connectivity index (χ2v) is 8.66. The van der Waals surface area contributed by atoms with E-state index >= 15 is 0 Å². The number of aromatic nitrogens is 1. The molecule has 3 atom stereocenters. The van der Waals surface area contributed by atoms with Crippen LogP contribution in [0, 0.1) is 0 Å². The normalized spacial score (nSPS) is 17.6. The van der Waals surface area contributed by atoms with Crippen molar-refractivity contribution in [2.45, 2.75) is 44.1 Å². The van der Waals surface area contributed by atoms with Gasteiger partial charge in [0.2, 0.25) is 0 Å². The SMILES string of the molecule is C[C@H](NC(=O)C(F)(F)F)[C@H](Oc1ccc(C(=O)N[C@H]2CCCNC2)nc1)c1ccc(Br)cc1.N. The summed E-state index contributed by atoms with van der Waals surface area (Å²) in [5.41, 5.74) is 0.756. The third kappa shape index (κ3) is 7.67. The van der Waals surface area contributed by atoms with Gasteiger partial charge >= 0.3 is 12.1 Å². The zero-order valence-corrected chi connectivity index (χ0v) is 20.1. The lowest BCUT2D eigenvalue weighted by Gasteiger charge is -2.27. The number of rotatable bonds is 7. The van der Waals surface area contributed by atoms with Crippen molar-refractivity contribution in [1.29, 1.82) is 0 Å². The lowest BCUT2D eigenvalue weighted by atomic mass is 10.0. The number of nitrogens with zero attached hydrogens (tertiary/aromatic N) is 1. The number of amides is 2. The first-order valence-electron chi connectivity index (χ1n) is 10.4. The van der Waals surface area contributed by atoms with E-state index in [0.717, 1.165) is 23.9 Å². The van der Waals surface area contributed by atoms with Crippen molar-refractivity contribution in [2.24, 2.45) is 0 Å². The monoisotopic (exact) mass is 545 g/mol. The minimum absolute atomic E-state index is 0. The Labute approximate surface area is 203 Å². The van der Waals surface area contributed by atoms with Crippen LogP contribution in [0.5, 0.6) is 5.75 Å². The summed E-state index contributed by atoms with van der Waals surface area (Å²) in [5, 5.41) is 8.07. The van der Waals surface area contributed by atoms with E-state index in [0.29, 0.717) is 12.1 Å². The molecule has 0 aliphatic carbocycles. The molecule has 0 bridgehead atoms. The van der Waals surface area contributed by atoms with Gasteiger partial charge in [-0.3, -0.25) is 9.59 Å². The van der Waals surface area contributed by atoms with Crippen LogP contribution in [0.3, 0.4) is 0 Å². The summed E-state index contributed by atoms with van der Waals surface area (Å²) in [6, 6.07) is 8.82. The molecule has 34 heavy (non-hydrogen) atoms. The predicted molar refractivity (Wildman–Crippen MR) is 124 cm³/mol. The number of hydrogen-bond donors (Lipinski definition) is 4. The molecule has 2 heterocycles. The molecule has 2 amide bonds. The van der Waals surface area contributed by atoms with Gasteiger partial charge in [-0.2, -0.15) is 13.2 Å². The molecule has 8 nitrogen and oxygen atoms in total. The summed E-state index contributed by atoms with van der Waals surface area (Å²) in [4.78, 5) is 28.0. The van der Waals surface area contributed by atoms with Crippen LogP contribution in [0.4, 0.5) is 13.2 Å². The molecule has 1 aliphatic rings. The number of benzene rings is 1. The Balaban J connectivity index is 0.00000408. The van der Waals surface area contributed by atoms with E-state index in [1.54, 1.807) is 24.3 Å². The maximum absolute atomic E-state index is 12.7. The quantitative estimate of drug-likeness (QED) is 0.420. The fraction of sp³-hybridized carbons (Fsp3) is 0.409. The number of piperidine rings is 1. The molecule has 0 unspecified atom stereocenters. The van der Waals surface area contributed by atoms with Gasteiger partial charge in [-0.25, -0.2) is 4.98 Å². The van der Waals surface area contributed by atoms with E-state index in [2.05, 4.69) is 31.5 Å². The topological polar surface area (TPSA) is 127 Å². The van der Waals surface area contributed by atoms with Crippen molar-refractivity contribution in [3.05, 3.63) is 58.3 Å². The second kappa shape index (κ2) is 12.1. The molecule has 6 N–H and O–H groups in total. The summed E-state index contributed by atoms with van der Waals surface area (Å²) < 4.78 is 44.9. The molecule has 12 heteroatoms. The molecule has 0 saturated carbocycles. The van der Waals surface area contributed by atoms with Crippen molar-refractivity contribution in [1.82, 2.24) is 27.1 Å². The number of ether oxygens (including phenoxy) is 1. The van der Waals surface area contributed by atoms with Gasteiger partial charge in [0, 0.05) is 17.1 Å². The Morgan fingerprint density at radius 1 is 1.21 bits per heavy atom. The number of carbonyl (C=O) groups is 2. The third-order valence-corrected chi connectivity index (χ3v) is 5.66. The zero-order chi connectivity index (χ0) is 24.0. The van der Waals surface area contributed by atoms with Crippen molar-refractivity contribution in [3.63, 3.8) is 0 Å². The Bertz CT molecular complexity index is 952. The molecular weight excluding hydrogens is 519 g/mol. The maximum Gasteiger partial charge on any atom is 0.471 e. The number of halogens is 4. The Morgan fingerprint density at radius 2 is 1.91 bits per heavy atom. The Kier molecular flexibility index (Phi) is 9.83. The average molecular weight is 546 g/mol. The van der Waals surface area contributed by atoms with E-state index in [1.165, 1.54) is 25.3 Å². The molecule has 0 spiro atoms. The van der Waals surface area contributed by atoms with Crippen molar-refractivity contribution in [3.8, 4) is 5.75 Å². The van der Waals surface area contributed by atoms with E-state index in [-0.39, 0.29) is 29.5 Å². The fourth-order valence-electron chi connectivity index (χ4n) is 3.44. The van der Waals surface area contributed by atoms with E-state index < -0.39 is 24.2 Å². The van der Waals surface area contributed by atoms with Crippen molar-refractivity contribution < 1.29 is 27.5 Å². The minimum Gasteiger partial charge on any atom is -0.482 e. The summed E-state index contributed by atoms with van der Waals surface area (Å²) in [6.07, 6.45) is -2.75. The molecule has 0 radical (unpaired) electrons. The summed E-state index contributed by atoms with van der Waals surface area (Å²) in [5.74, 6) is -2.12.